The molecule has 5 rings (SSSR count). The molecule has 0 spiro atoms. The van der Waals surface area contributed by atoms with Crippen LogP contribution < -0.4 is 15.0 Å². The van der Waals surface area contributed by atoms with Crippen LogP contribution in [0.5, 0.6) is 5.75 Å². The summed E-state index contributed by atoms with van der Waals surface area (Å²) in [4.78, 5) is 25.4. The van der Waals surface area contributed by atoms with Crippen LogP contribution >= 0.6 is 0 Å². The molecule has 1 aliphatic carbocycles. The maximum absolute atomic E-state index is 12.7. The van der Waals surface area contributed by atoms with E-state index in [1.807, 2.05) is 18.2 Å². The number of nitrogens with one attached hydrogen (secondary N) is 1. The summed E-state index contributed by atoms with van der Waals surface area (Å²) in [7, 11) is 0. The van der Waals surface area contributed by atoms with E-state index in [0.29, 0.717) is 43.9 Å². The standard InChI is InChI=1S/C26H21F3N6O2/c27-26(28,29)37-21-6-4-20(5-7-21)33-25(36)35-10-8-34(9-11-35)24-22-13-19(14-23(22)31-16-32-24)18-3-1-2-17(12-18)15-30/h1-7,12-13,16H,8-11,14H2,(H,33,36). The van der Waals surface area contributed by atoms with Gasteiger partial charge in [-0.15, -0.1) is 13.2 Å². The predicted octanol–water partition coefficient (Wildman–Crippen LogP) is 4.70. The summed E-state index contributed by atoms with van der Waals surface area (Å²) in [6, 6.07) is 14.3. The first-order chi connectivity index (χ1) is 17.8. The summed E-state index contributed by atoms with van der Waals surface area (Å²) in [5, 5.41) is 11.9. The molecule has 0 saturated carbocycles. The number of nitriles is 1. The molecule has 1 N–H and O–H groups in total. The number of halogens is 3. The van der Waals surface area contributed by atoms with Crippen LogP contribution in [-0.2, 0) is 6.42 Å². The summed E-state index contributed by atoms with van der Waals surface area (Å²) in [6.07, 6.45) is -0.517. The third kappa shape index (κ3) is 5.48. The van der Waals surface area contributed by atoms with E-state index in [1.54, 1.807) is 17.3 Å². The van der Waals surface area contributed by atoms with Crippen molar-refractivity contribution in [3.05, 3.63) is 77.2 Å². The van der Waals surface area contributed by atoms with Gasteiger partial charge in [0, 0.05) is 43.9 Å². The number of allylic oxidation sites excluding steroid dienone is 1. The first-order valence-corrected chi connectivity index (χ1v) is 11.5. The average Bonchev–Trinajstić information content (AvgIpc) is 3.34. The van der Waals surface area contributed by atoms with E-state index in [-0.39, 0.29) is 11.8 Å². The van der Waals surface area contributed by atoms with Gasteiger partial charge in [-0.3, -0.25) is 0 Å². The minimum atomic E-state index is -4.77. The van der Waals surface area contributed by atoms with Gasteiger partial charge in [0.25, 0.3) is 0 Å². The lowest BCUT2D eigenvalue weighted by atomic mass is 10.0. The van der Waals surface area contributed by atoms with Crippen LogP contribution in [-0.4, -0.2) is 53.4 Å². The van der Waals surface area contributed by atoms with E-state index in [0.717, 1.165) is 40.3 Å². The molecule has 8 nitrogen and oxygen atoms in total. The number of carbonyl (C=O) groups is 1. The number of nitrogens with zero attached hydrogens (tertiary/aromatic N) is 5. The molecular formula is C26H21F3N6O2. The Labute approximate surface area is 210 Å². The van der Waals surface area contributed by atoms with Gasteiger partial charge in [-0.05, 0) is 53.6 Å². The Bertz CT molecular complexity index is 1390. The largest absolute Gasteiger partial charge is 0.573 e. The molecule has 1 saturated heterocycles. The molecule has 1 aliphatic heterocycles. The minimum absolute atomic E-state index is 0.336. The summed E-state index contributed by atoms with van der Waals surface area (Å²) < 4.78 is 40.8. The quantitative estimate of drug-likeness (QED) is 0.552. The highest BCUT2D eigenvalue weighted by Gasteiger charge is 2.31. The van der Waals surface area contributed by atoms with Gasteiger partial charge in [-0.25, -0.2) is 14.8 Å². The summed E-state index contributed by atoms with van der Waals surface area (Å²) in [6.45, 7) is 2.01. The molecule has 1 fully saturated rings. The van der Waals surface area contributed by atoms with Gasteiger partial charge in [0.2, 0.25) is 0 Å². The van der Waals surface area contributed by atoms with Crippen molar-refractivity contribution in [3.8, 4) is 11.8 Å². The number of piperazine rings is 1. The fraction of sp³-hybridized carbons (Fsp3) is 0.231. The van der Waals surface area contributed by atoms with E-state index in [9.17, 15) is 23.2 Å². The third-order valence-electron chi connectivity index (χ3n) is 6.19. The Morgan fingerprint density at radius 2 is 1.81 bits per heavy atom. The normalized spacial score (nSPS) is 15.0. The second kappa shape index (κ2) is 9.81. The number of alkyl halides is 3. The molecule has 1 aromatic heterocycles. The van der Waals surface area contributed by atoms with Gasteiger partial charge >= 0.3 is 12.4 Å². The number of urea groups is 1. The Hall–Kier alpha value is -4.59. The lowest BCUT2D eigenvalue weighted by molar-refractivity contribution is -0.274. The maximum Gasteiger partial charge on any atom is 0.573 e. The van der Waals surface area contributed by atoms with E-state index < -0.39 is 6.36 Å². The zero-order chi connectivity index (χ0) is 26.0. The molecule has 0 atom stereocenters. The zero-order valence-corrected chi connectivity index (χ0v) is 19.5. The number of amides is 2. The van der Waals surface area contributed by atoms with Gasteiger partial charge in [-0.1, -0.05) is 12.1 Å². The SMILES string of the molecule is N#Cc1cccc(C2=Cc3c(ncnc3N3CCN(C(=O)Nc4ccc(OC(F)(F)F)cc4)CC3)C2)c1. The lowest BCUT2D eigenvalue weighted by Crippen LogP contribution is -2.50. The van der Waals surface area contributed by atoms with Crippen molar-refractivity contribution in [2.75, 3.05) is 36.4 Å². The molecule has 2 aliphatic rings. The van der Waals surface area contributed by atoms with Gasteiger partial charge in [0.05, 0.1) is 17.3 Å². The number of hydrogen-bond acceptors (Lipinski definition) is 6. The number of fused-ring (bicyclic) bond motifs is 1. The summed E-state index contributed by atoms with van der Waals surface area (Å²) in [5.74, 6) is 0.447. The zero-order valence-electron chi connectivity index (χ0n) is 19.5. The fourth-order valence-electron chi connectivity index (χ4n) is 4.41. The number of rotatable bonds is 4. The van der Waals surface area contributed by atoms with Crippen LogP contribution in [0.25, 0.3) is 11.6 Å². The van der Waals surface area contributed by atoms with Crippen LogP contribution in [0.4, 0.5) is 29.5 Å². The van der Waals surface area contributed by atoms with Crippen molar-refractivity contribution < 1.29 is 22.7 Å². The molecule has 2 aromatic carbocycles. The topological polar surface area (TPSA) is 94.4 Å². The molecular weight excluding hydrogens is 485 g/mol. The molecule has 11 heteroatoms. The van der Waals surface area contributed by atoms with E-state index in [4.69, 9.17) is 0 Å². The molecule has 0 radical (unpaired) electrons. The third-order valence-corrected chi connectivity index (χ3v) is 6.19. The van der Waals surface area contributed by atoms with Crippen molar-refractivity contribution in [1.82, 2.24) is 14.9 Å². The van der Waals surface area contributed by atoms with Gasteiger partial charge in [0.15, 0.2) is 0 Å². The van der Waals surface area contributed by atoms with Gasteiger partial charge in [-0.2, -0.15) is 5.26 Å². The number of ether oxygens (including phenoxy) is 1. The van der Waals surface area contributed by atoms with Crippen LogP contribution in [0.3, 0.4) is 0 Å². The minimum Gasteiger partial charge on any atom is -0.406 e. The molecule has 0 unspecified atom stereocenters. The van der Waals surface area contributed by atoms with E-state index in [1.165, 1.54) is 12.1 Å². The van der Waals surface area contributed by atoms with Gasteiger partial charge < -0.3 is 19.9 Å². The Balaban J connectivity index is 1.22. The molecule has 3 aromatic rings. The molecule has 37 heavy (non-hydrogen) atoms. The van der Waals surface area contributed by atoms with Crippen molar-refractivity contribution in [1.29, 1.82) is 5.26 Å². The first kappa shape index (κ1) is 24.1. The maximum atomic E-state index is 12.7. The van der Waals surface area contributed by atoms with Crippen LogP contribution in [0.15, 0.2) is 54.9 Å². The fourth-order valence-corrected chi connectivity index (χ4v) is 4.41. The number of hydrogen-bond donors (Lipinski definition) is 1. The van der Waals surface area contributed by atoms with E-state index >= 15 is 0 Å². The van der Waals surface area contributed by atoms with Crippen molar-refractivity contribution >= 4 is 29.2 Å². The first-order valence-electron chi connectivity index (χ1n) is 11.5. The highest BCUT2D eigenvalue weighted by molar-refractivity contribution is 5.92. The van der Waals surface area contributed by atoms with Crippen molar-refractivity contribution in [2.24, 2.45) is 0 Å². The summed E-state index contributed by atoms with van der Waals surface area (Å²) in [5.41, 5.74) is 4.87. The average molecular weight is 506 g/mol. The molecule has 0 bridgehead atoms. The molecule has 188 valence electrons. The van der Waals surface area contributed by atoms with Crippen LogP contribution in [0.1, 0.15) is 22.4 Å². The Kier molecular flexibility index (Phi) is 6.40. The predicted molar refractivity (Wildman–Crippen MR) is 131 cm³/mol. The second-order valence-electron chi connectivity index (χ2n) is 8.57. The smallest absolute Gasteiger partial charge is 0.406 e. The Morgan fingerprint density at radius 3 is 2.51 bits per heavy atom. The monoisotopic (exact) mass is 506 g/mol. The number of anilines is 2. The number of aromatic nitrogens is 2. The van der Waals surface area contributed by atoms with Crippen molar-refractivity contribution in [3.63, 3.8) is 0 Å². The van der Waals surface area contributed by atoms with Crippen LogP contribution in [0, 0.1) is 11.3 Å². The molecule has 2 amide bonds. The molecule has 2 heterocycles. The number of carbonyl (C=O) groups excluding carboxylic acids is 1. The highest BCUT2D eigenvalue weighted by atomic mass is 19.4. The van der Waals surface area contributed by atoms with Crippen LogP contribution in [0.2, 0.25) is 0 Å². The van der Waals surface area contributed by atoms with Gasteiger partial charge in [0.1, 0.15) is 17.9 Å². The highest BCUT2D eigenvalue weighted by Crippen LogP contribution is 2.35. The summed E-state index contributed by atoms with van der Waals surface area (Å²) >= 11 is 0. The lowest BCUT2D eigenvalue weighted by Gasteiger charge is -2.35. The second-order valence-corrected chi connectivity index (χ2v) is 8.57. The Morgan fingerprint density at radius 1 is 1.05 bits per heavy atom. The van der Waals surface area contributed by atoms with E-state index in [2.05, 4.69) is 37.1 Å². The number of benzene rings is 2. The van der Waals surface area contributed by atoms with Crippen molar-refractivity contribution in [2.45, 2.75) is 12.8 Å².